The van der Waals surface area contributed by atoms with E-state index in [1.165, 1.54) is 5.56 Å². The first-order valence-electron chi connectivity index (χ1n) is 7.81. The van der Waals surface area contributed by atoms with Gasteiger partial charge in [0.2, 0.25) is 5.91 Å². The first-order chi connectivity index (χ1) is 9.91. The molecule has 1 fully saturated rings. The van der Waals surface area contributed by atoms with Gasteiger partial charge in [0.05, 0.1) is 0 Å². The van der Waals surface area contributed by atoms with Gasteiger partial charge in [0.25, 0.3) is 0 Å². The van der Waals surface area contributed by atoms with E-state index in [1.54, 1.807) is 0 Å². The van der Waals surface area contributed by atoms with Crippen LogP contribution in [0.1, 0.15) is 45.6 Å². The second kappa shape index (κ2) is 6.61. The highest BCUT2D eigenvalue weighted by atomic mass is 16.5. The fourth-order valence-electron chi connectivity index (χ4n) is 2.93. The molecule has 1 N–H and O–H groups in total. The van der Waals surface area contributed by atoms with Crippen LogP contribution in [0.3, 0.4) is 0 Å². The highest BCUT2D eigenvalue weighted by Crippen LogP contribution is 2.34. The Balaban J connectivity index is 2.06. The molecular formula is C18H27NO2. The van der Waals surface area contributed by atoms with Crippen LogP contribution in [0, 0.1) is 5.41 Å². The molecule has 2 rings (SSSR count). The van der Waals surface area contributed by atoms with Crippen molar-refractivity contribution in [2.45, 2.75) is 45.4 Å². The van der Waals surface area contributed by atoms with Gasteiger partial charge in [-0.25, -0.2) is 0 Å². The van der Waals surface area contributed by atoms with Crippen molar-refractivity contribution in [1.29, 1.82) is 0 Å². The van der Waals surface area contributed by atoms with Gasteiger partial charge < -0.3 is 10.1 Å². The summed E-state index contributed by atoms with van der Waals surface area (Å²) in [5, 5.41) is 3.15. The molecule has 0 aromatic heterocycles. The molecule has 21 heavy (non-hydrogen) atoms. The molecule has 3 heteroatoms. The van der Waals surface area contributed by atoms with Gasteiger partial charge in [-0.05, 0) is 23.8 Å². The zero-order chi connectivity index (χ0) is 15.3. The largest absolute Gasteiger partial charge is 0.381 e. The maximum Gasteiger partial charge on any atom is 0.220 e. The predicted molar refractivity (Wildman–Crippen MR) is 85.3 cm³/mol. The van der Waals surface area contributed by atoms with E-state index in [-0.39, 0.29) is 16.7 Å². The van der Waals surface area contributed by atoms with Gasteiger partial charge in [-0.2, -0.15) is 0 Å². The van der Waals surface area contributed by atoms with Crippen LogP contribution in [0.25, 0.3) is 0 Å². The van der Waals surface area contributed by atoms with Gasteiger partial charge in [0.15, 0.2) is 0 Å². The Bertz CT molecular complexity index is 456. The Kier molecular flexibility index (Phi) is 5.04. The number of carbonyl (C=O) groups excluding carboxylic acids is 1. The van der Waals surface area contributed by atoms with Crippen LogP contribution in [-0.4, -0.2) is 25.7 Å². The Morgan fingerprint density at radius 3 is 2.38 bits per heavy atom. The van der Waals surface area contributed by atoms with Crippen LogP contribution in [0.2, 0.25) is 0 Å². The highest BCUT2D eigenvalue weighted by molar-refractivity contribution is 5.76. The monoisotopic (exact) mass is 289 g/mol. The summed E-state index contributed by atoms with van der Waals surface area (Å²) >= 11 is 0. The van der Waals surface area contributed by atoms with Gasteiger partial charge in [0.1, 0.15) is 0 Å². The Hall–Kier alpha value is -1.35. The number of benzene rings is 1. The van der Waals surface area contributed by atoms with Crippen LogP contribution in [0.4, 0.5) is 0 Å². The third-order valence-electron chi connectivity index (χ3n) is 4.15. The van der Waals surface area contributed by atoms with Crippen molar-refractivity contribution >= 4 is 5.91 Å². The smallest absolute Gasteiger partial charge is 0.220 e. The van der Waals surface area contributed by atoms with E-state index < -0.39 is 0 Å². The maximum absolute atomic E-state index is 12.1. The van der Waals surface area contributed by atoms with Crippen molar-refractivity contribution in [3.8, 4) is 0 Å². The number of carbonyl (C=O) groups is 1. The molecule has 0 atom stereocenters. The highest BCUT2D eigenvalue weighted by Gasteiger charge is 2.34. The van der Waals surface area contributed by atoms with Crippen molar-refractivity contribution in [3.63, 3.8) is 0 Å². The van der Waals surface area contributed by atoms with Gasteiger partial charge >= 0.3 is 0 Å². The summed E-state index contributed by atoms with van der Waals surface area (Å²) in [5.74, 6) is 0.143. The fraction of sp³-hybridized carbons (Fsp3) is 0.611. The SMILES string of the molecule is CC(C)(C)CC(=O)NCC1(c2ccccc2)CCOCC1. The van der Waals surface area contributed by atoms with E-state index in [1.807, 2.05) is 6.07 Å². The number of hydrogen-bond acceptors (Lipinski definition) is 2. The lowest BCUT2D eigenvalue weighted by Gasteiger charge is -2.38. The third kappa shape index (κ3) is 4.57. The normalized spacial score (nSPS) is 18.2. The molecule has 0 spiro atoms. The number of hydrogen-bond donors (Lipinski definition) is 1. The van der Waals surface area contributed by atoms with Crippen LogP contribution >= 0.6 is 0 Å². The number of rotatable bonds is 4. The molecule has 0 aliphatic carbocycles. The topological polar surface area (TPSA) is 38.3 Å². The molecule has 0 bridgehead atoms. The van der Waals surface area contributed by atoms with E-state index in [0.717, 1.165) is 26.1 Å². The first kappa shape index (κ1) is 16.0. The Labute approximate surface area is 128 Å². The van der Waals surface area contributed by atoms with Crippen molar-refractivity contribution in [2.75, 3.05) is 19.8 Å². The minimum atomic E-state index is 0.0209. The van der Waals surface area contributed by atoms with Crippen LogP contribution < -0.4 is 5.32 Å². The van der Waals surface area contributed by atoms with E-state index in [2.05, 4.69) is 50.4 Å². The van der Waals surface area contributed by atoms with Crippen LogP contribution in [0.5, 0.6) is 0 Å². The lowest BCUT2D eigenvalue weighted by molar-refractivity contribution is -0.123. The molecule has 1 heterocycles. The summed E-state index contributed by atoms with van der Waals surface area (Å²) in [6, 6.07) is 10.5. The quantitative estimate of drug-likeness (QED) is 0.923. The molecule has 1 aromatic rings. The molecule has 1 aliphatic heterocycles. The summed E-state index contributed by atoms with van der Waals surface area (Å²) in [7, 11) is 0. The van der Waals surface area contributed by atoms with E-state index in [0.29, 0.717) is 13.0 Å². The zero-order valence-electron chi connectivity index (χ0n) is 13.4. The van der Waals surface area contributed by atoms with E-state index in [9.17, 15) is 4.79 Å². The summed E-state index contributed by atoms with van der Waals surface area (Å²) in [4.78, 5) is 12.1. The maximum atomic E-state index is 12.1. The van der Waals surface area contributed by atoms with Crippen LogP contribution in [0.15, 0.2) is 30.3 Å². The van der Waals surface area contributed by atoms with Gasteiger partial charge in [-0.1, -0.05) is 51.1 Å². The van der Waals surface area contributed by atoms with E-state index in [4.69, 9.17) is 4.74 Å². The second-order valence-electron chi connectivity index (χ2n) is 7.27. The van der Waals surface area contributed by atoms with Crippen molar-refractivity contribution < 1.29 is 9.53 Å². The molecule has 3 nitrogen and oxygen atoms in total. The van der Waals surface area contributed by atoms with Gasteiger partial charge in [0, 0.05) is 31.6 Å². The molecule has 1 aliphatic rings. The number of ether oxygens (including phenoxy) is 1. The van der Waals surface area contributed by atoms with Gasteiger partial charge in [-0.3, -0.25) is 4.79 Å². The van der Waals surface area contributed by atoms with Crippen molar-refractivity contribution in [3.05, 3.63) is 35.9 Å². The lowest BCUT2D eigenvalue weighted by atomic mass is 9.74. The summed E-state index contributed by atoms with van der Waals surface area (Å²) in [5.41, 5.74) is 1.36. The molecule has 0 saturated carbocycles. The summed E-state index contributed by atoms with van der Waals surface area (Å²) in [6.07, 6.45) is 2.49. The minimum Gasteiger partial charge on any atom is -0.381 e. The molecular weight excluding hydrogens is 262 g/mol. The van der Waals surface area contributed by atoms with Crippen LogP contribution in [-0.2, 0) is 14.9 Å². The standard InChI is InChI=1S/C18H27NO2/c1-17(2,3)13-16(20)19-14-18(9-11-21-12-10-18)15-7-5-4-6-8-15/h4-8H,9-14H2,1-3H3,(H,19,20). The molecule has 1 amide bonds. The molecule has 1 aromatic carbocycles. The number of amides is 1. The minimum absolute atomic E-state index is 0.0209. The fourth-order valence-corrected chi connectivity index (χ4v) is 2.93. The first-order valence-corrected chi connectivity index (χ1v) is 7.81. The molecule has 1 saturated heterocycles. The Morgan fingerprint density at radius 2 is 1.81 bits per heavy atom. The average molecular weight is 289 g/mol. The zero-order valence-corrected chi connectivity index (χ0v) is 13.4. The summed E-state index contributed by atoms with van der Waals surface area (Å²) in [6.45, 7) is 8.51. The lowest BCUT2D eigenvalue weighted by Crippen LogP contribution is -2.45. The van der Waals surface area contributed by atoms with Gasteiger partial charge in [-0.15, -0.1) is 0 Å². The molecule has 0 radical (unpaired) electrons. The third-order valence-corrected chi connectivity index (χ3v) is 4.15. The predicted octanol–water partition coefficient (Wildman–Crippen LogP) is 3.29. The van der Waals surface area contributed by atoms with Crippen molar-refractivity contribution in [2.24, 2.45) is 5.41 Å². The Morgan fingerprint density at radius 1 is 1.19 bits per heavy atom. The second-order valence-corrected chi connectivity index (χ2v) is 7.27. The van der Waals surface area contributed by atoms with Crippen molar-refractivity contribution in [1.82, 2.24) is 5.32 Å². The number of nitrogens with one attached hydrogen (secondary N) is 1. The van der Waals surface area contributed by atoms with E-state index >= 15 is 0 Å². The summed E-state index contributed by atoms with van der Waals surface area (Å²) < 4.78 is 5.52. The molecule has 116 valence electrons. The molecule has 0 unspecified atom stereocenters. The average Bonchev–Trinajstić information content (AvgIpc) is 2.45.